The van der Waals surface area contributed by atoms with Crippen LogP contribution >= 0.6 is 11.8 Å². The Kier molecular flexibility index (Phi) is 6.66. The van der Waals surface area contributed by atoms with Gasteiger partial charge in [-0.2, -0.15) is 5.10 Å². The minimum Gasteiger partial charge on any atom is -0.452 e. The Labute approximate surface area is 173 Å². The summed E-state index contributed by atoms with van der Waals surface area (Å²) in [5, 5.41) is 7.02. The maximum absolute atomic E-state index is 12.6. The lowest BCUT2D eigenvalue weighted by Gasteiger charge is -2.12. The normalized spacial score (nSPS) is 10.8. The molecule has 3 rings (SSSR count). The smallest absolute Gasteiger partial charge is 0.342 e. The number of thioether (sulfide) groups is 1. The van der Waals surface area contributed by atoms with Crippen LogP contribution < -0.4 is 5.32 Å². The Morgan fingerprint density at radius 2 is 2.03 bits per heavy atom. The molecule has 0 atom stereocenters. The molecule has 7 nitrogen and oxygen atoms in total. The summed E-state index contributed by atoms with van der Waals surface area (Å²) in [5.74, 6) is -0.379. The fourth-order valence-corrected chi connectivity index (χ4v) is 3.30. The molecule has 0 fully saturated rings. The number of hydrogen-bond donors (Lipinski definition) is 1. The third kappa shape index (κ3) is 5.03. The number of esters is 1. The van der Waals surface area contributed by atoms with Gasteiger partial charge in [0.2, 0.25) is 0 Å². The molecular weight excluding hydrogens is 388 g/mol. The molecule has 0 radical (unpaired) electrons. The summed E-state index contributed by atoms with van der Waals surface area (Å²) < 4.78 is 6.85. The van der Waals surface area contributed by atoms with Crippen molar-refractivity contribution < 1.29 is 14.3 Å². The number of nitrogens with one attached hydrogen (secondary N) is 1. The lowest BCUT2D eigenvalue weighted by molar-refractivity contribution is -0.119. The van der Waals surface area contributed by atoms with Crippen molar-refractivity contribution in [3.63, 3.8) is 0 Å². The van der Waals surface area contributed by atoms with Gasteiger partial charge in [0.15, 0.2) is 12.4 Å². The van der Waals surface area contributed by atoms with Gasteiger partial charge in [-0.15, -0.1) is 11.8 Å². The highest BCUT2D eigenvalue weighted by molar-refractivity contribution is 7.98. The predicted molar refractivity (Wildman–Crippen MR) is 113 cm³/mol. The fraction of sp³-hybridized carbons (Fsp3) is 0.238. The molecule has 0 unspecified atom stereocenters. The molecule has 1 amide bonds. The first kappa shape index (κ1) is 20.6. The van der Waals surface area contributed by atoms with Gasteiger partial charge in [0.05, 0.1) is 11.9 Å². The molecule has 3 aromatic rings. The van der Waals surface area contributed by atoms with Crippen LogP contribution in [0.15, 0.2) is 59.8 Å². The summed E-state index contributed by atoms with van der Waals surface area (Å²) in [5.41, 5.74) is 1.66. The molecule has 2 aromatic heterocycles. The highest BCUT2D eigenvalue weighted by Crippen LogP contribution is 2.23. The number of nitrogens with zero attached hydrogens (tertiary/aromatic N) is 3. The van der Waals surface area contributed by atoms with E-state index in [0.29, 0.717) is 22.8 Å². The first-order valence-corrected chi connectivity index (χ1v) is 10.3. The molecule has 0 aliphatic carbocycles. The Morgan fingerprint density at radius 1 is 1.21 bits per heavy atom. The SMILES string of the molecule is CSc1cccc(NC(=O)COC(=O)c2cnn(-c3ccccn3)c2C(C)C)c1. The molecular formula is C21H22N4O3S. The number of pyridine rings is 1. The molecule has 29 heavy (non-hydrogen) atoms. The molecule has 1 aromatic carbocycles. The number of amides is 1. The number of anilines is 1. The van der Waals surface area contributed by atoms with Gasteiger partial charge < -0.3 is 10.1 Å². The van der Waals surface area contributed by atoms with Crippen LogP contribution in [0.1, 0.15) is 35.8 Å². The largest absolute Gasteiger partial charge is 0.452 e. The number of carbonyl (C=O) groups is 2. The predicted octanol–water partition coefficient (Wildman–Crippen LogP) is 3.91. The number of hydrogen-bond acceptors (Lipinski definition) is 6. The zero-order valence-electron chi connectivity index (χ0n) is 16.5. The number of rotatable bonds is 7. The Hall–Kier alpha value is -3.13. The van der Waals surface area contributed by atoms with Crippen LogP contribution in [0.4, 0.5) is 5.69 Å². The third-order valence-electron chi connectivity index (χ3n) is 4.13. The van der Waals surface area contributed by atoms with E-state index >= 15 is 0 Å². The first-order valence-electron chi connectivity index (χ1n) is 9.10. The topological polar surface area (TPSA) is 86.1 Å². The van der Waals surface area contributed by atoms with Crippen LogP contribution in [-0.2, 0) is 9.53 Å². The maximum Gasteiger partial charge on any atom is 0.342 e. The molecule has 0 saturated heterocycles. The van der Waals surface area contributed by atoms with Crippen LogP contribution in [0.3, 0.4) is 0 Å². The van der Waals surface area contributed by atoms with E-state index in [1.54, 1.807) is 28.7 Å². The number of carbonyl (C=O) groups excluding carboxylic acids is 2. The van der Waals surface area contributed by atoms with Crippen LogP contribution in [0.25, 0.3) is 5.82 Å². The Morgan fingerprint density at radius 3 is 2.72 bits per heavy atom. The standard InChI is InChI=1S/C21H22N4O3S/c1-14(2)20-17(12-23-25(20)18-9-4-5-10-22-18)21(27)28-13-19(26)24-15-7-6-8-16(11-15)29-3/h4-12,14H,13H2,1-3H3,(H,24,26). The Balaban J connectivity index is 1.69. The maximum atomic E-state index is 12.6. The second-order valence-electron chi connectivity index (χ2n) is 6.55. The van der Waals surface area contributed by atoms with Gasteiger partial charge in [0.25, 0.3) is 5.91 Å². The molecule has 150 valence electrons. The van der Waals surface area contributed by atoms with Gasteiger partial charge in [-0.3, -0.25) is 4.79 Å². The van der Waals surface area contributed by atoms with E-state index in [1.165, 1.54) is 6.20 Å². The molecule has 0 aliphatic heterocycles. The second kappa shape index (κ2) is 9.38. The molecule has 0 aliphatic rings. The van der Waals surface area contributed by atoms with E-state index in [0.717, 1.165) is 4.90 Å². The van der Waals surface area contributed by atoms with Crippen molar-refractivity contribution in [2.45, 2.75) is 24.7 Å². The van der Waals surface area contributed by atoms with Crippen LogP contribution in [-0.4, -0.2) is 39.5 Å². The van der Waals surface area contributed by atoms with E-state index in [1.807, 2.05) is 56.5 Å². The van der Waals surface area contributed by atoms with Gasteiger partial charge in [-0.1, -0.05) is 26.0 Å². The molecule has 0 bridgehead atoms. The van der Waals surface area contributed by atoms with E-state index in [-0.39, 0.29) is 12.5 Å². The fourth-order valence-electron chi connectivity index (χ4n) is 2.84. The van der Waals surface area contributed by atoms with Gasteiger partial charge in [0, 0.05) is 16.8 Å². The van der Waals surface area contributed by atoms with Crippen molar-refractivity contribution in [3.8, 4) is 5.82 Å². The average molecular weight is 410 g/mol. The van der Waals surface area contributed by atoms with Crippen LogP contribution in [0, 0.1) is 0 Å². The zero-order chi connectivity index (χ0) is 20.8. The van der Waals surface area contributed by atoms with E-state index in [4.69, 9.17) is 4.74 Å². The summed E-state index contributed by atoms with van der Waals surface area (Å²) in [7, 11) is 0. The van der Waals surface area contributed by atoms with E-state index < -0.39 is 11.9 Å². The number of aromatic nitrogens is 3. The number of benzene rings is 1. The number of ether oxygens (including phenoxy) is 1. The lowest BCUT2D eigenvalue weighted by atomic mass is 10.1. The van der Waals surface area contributed by atoms with Crippen molar-refractivity contribution in [2.24, 2.45) is 0 Å². The highest BCUT2D eigenvalue weighted by atomic mass is 32.2. The highest BCUT2D eigenvalue weighted by Gasteiger charge is 2.23. The van der Waals surface area contributed by atoms with Crippen LogP contribution in [0.2, 0.25) is 0 Å². The van der Waals surface area contributed by atoms with Gasteiger partial charge in [0.1, 0.15) is 5.56 Å². The molecule has 1 N–H and O–H groups in total. The van der Waals surface area contributed by atoms with E-state index in [2.05, 4.69) is 15.4 Å². The Bertz CT molecular complexity index is 1000. The van der Waals surface area contributed by atoms with Crippen molar-refractivity contribution in [3.05, 3.63) is 66.1 Å². The first-order chi connectivity index (χ1) is 14.0. The second-order valence-corrected chi connectivity index (χ2v) is 7.43. The average Bonchev–Trinajstić information content (AvgIpc) is 3.18. The third-order valence-corrected chi connectivity index (χ3v) is 4.85. The minimum absolute atomic E-state index is 0.00478. The minimum atomic E-state index is -0.594. The van der Waals surface area contributed by atoms with Gasteiger partial charge in [-0.05, 0) is 42.5 Å². The molecule has 0 spiro atoms. The lowest BCUT2D eigenvalue weighted by Crippen LogP contribution is -2.21. The van der Waals surface area contributed by atoms with Gasteiger partial charge >= 0.3 is 5.97 Å². The van der Waals surface area contributed by atoms with E-state index in [9.17, 15) is 9.59 Å². The molecule has 8 heteroatoms. The summed E-state index contributed by atoms with van der Waals surface area (Å²) in [4.78, 5) is 30.1. The quantitative estimate of drug-likeness (QED) is 0.469. The molecule has 2 heterocycles. The summed E-state index contributed by atoms with van der Waals surface area (Å²) in [6, 6.07) is 12.9. The van der Waals surface area contributed by atoms with Crippen molar-refractivity contribution in [2.75, 3.05) is 18.2 Å². The monoisotopic (exact) mass is 410 g/mol. The van der Waals surface area contributed by atoms with Crippen molar-refractivity contribution >= 4 is 29.3 Å². The van der Waals surface area contributed by atoms with Crippen molar-refractivity contribution in [1.82, 2.24) is 14.8 Å². The van der Waals surface area contributed by atoms with Crippen molar-refractivity contribution in [1.29, 1.82) is 0 Å². The molecule has 0 saturated carbocycles. The van der Waals surface area contributed by atoms with Crippen LogP contribution in [0.5, 0.6) is 0 Å². The summed E-state index contributed by atoms with van der Waals surface area (Å²) >= 11 is 1.58. The van der Waals surface area contributed by atoms with Gasteiger partial charge in [-0.25, -0.2) is 14.5 Å². The summed E-state index contributed by atoms with van der Waals surface area (Å²) in [6.07, 6.45) is 5.07. The zero-order valence-corrected chi connectivity index (χ0v) is 17.3. The summed E-state index contributed by atoms with van der Waals surface area (Å²) in [6.45, 7) is 3.53.